The van der Waals surface area contributed by atoms with Crippen molar-refractivity contribution in [3.63, 3.8) is 0 Å². The van der Waals surface area contributed by atoms with Gasteiger partial charge in [0, 0.05) is 32.7 Å². The molecule has 0 rings (SSSR count). The van der Waals surface area contributed by atoms with E-state index in [0.717, 1.165) is 19.3 Å². The molecule has 0 aromatic carbocycles. The van der Waals surface area contributed by atoms with Gasteiger partial charge in [-0.25, -0.2) is 5.26 Å². The van der Waals surface area contributed by atoms with Gasteiger partial charge in [-0.05, 0) is 0 Å². The van der Waals surface area contributed by atoms with Crippen molar-refractivity contribution in [2.75, 3.05) is 0 Å². The van der Waals surface area contributed by atoms with Gasteiger partial charge < -0.3 is 11.2 Å². The molecule has 0 saturated heterocycles. The molecule has 0 saturated carbocycles. The maximum Gasteiger partial charge on any atom is 0 e. The van der Waals surface area contributed by atoms with E-state index in [0.29, 0.717) is 0 Å². The Labute approximate surface area is 86.9 Å². The fraction of sp³-hybridized carbons (Fsp3) is 0.429. The van der Waals surface area contributed by atoms with Gasteiger partial charge in [0.25, 0.3) is 0 Å². The molecule has 53 valence electrons. The summed E-state index contributed by atoms with van der Waals surface area (Å²) in [6.07, 6.45) is 4.24. The Morgan fingerprint density at radius 3 is 2.70 bits per heavy atom. The van der Waals surface area contributed by atoms with Crippen molar-refractivity contribution in [3.05, 3.63) is 12.8 Å². The minimum atomic E-state index is -0.181. The van der Waals surface area contributed by atoms with Crippen LogP contribution >= 0.6 is 0 Å². The standard InChI is InChI=1S/C7H9NO.Y/c1-2-3-4-7(9)5-6-8;/h4-5H,2-3H2,1H3;/q-2;. The summed E-state index contributed by atoms with van der Waals surface area (Å²) in [6, 6.07) is 1.67. The number of carbonyl (C=O) groups is 1. The first-order valence-electron chi connectivity index (χ1n) is 2.91. The SMILES string of the molecule is CCC[CH-]C(=O)[CH-]C#N.[Y]. The molecule has 0 aliphatic rings. The minimum absolute atomic E-state index is 0. The van der Waals surface area contributed by atoms with Gasteiger partial charge in [0.2, 0.25) is 0 Å². The minimum Gasteiger partial charge on any atom is -0.367 e. The molecule has 0 aliphatic heterocycles. The van der Waals surface area contributed by atoms with E-state index in [1.165, 1.54) is 6.42 Å². The predicted molar refractivity (Wildman–Crippen MR) is 34.1 cm³/mol. The number of Topliss-reactive ketones (excluding diaryl/α,β-unsaturated/α-hetero) is 1. The number of nitrogens with zero attached hydrogens (tertiary/aromatic N) is 1. The average Bonchev–Trinajstić information content (AvgIpc) is 1.85. The van der Waals surface area contributed by atoms with Gasteiger partial charge in [-0.3, -0.25) is 6.42 Å². The summed E-state index contributed by atoms with van der Waals surface area (Å²) in [5.74, 6) is -0.181. The quantitative estimate of drug-likeness (QED) is 0.658. The molecule has 0 unspecified atom stereocenters. The number of hydrogen-bond donors (Lipinski definition) is 0. The third kappa shape index (κ3) is 8.00. The van der Waals surface area contributed by atoms with E-state index in [4.69, 9.17) is 5.26 Å². The largest absolute Gasteiger partial charge is 0.367 e. The van der Waals surface area contributed by atoms with Crippen LogP contribution in [-0.2, 0) is 37.5 Å². The van der Waals surface area contributed by atoms with E-state index in [1.807, 2.05) is 6.92 Å². The first-order valence-corrected chi connectivity index (χ1v) is 2.91. The zero-order valence-corrected chi connectivity index (χ0v) is 8.84. The molecule has 0 heterocycles. The van der Waals surface area contributed by atoms with Crippen LogP contribution in [0.5, 0.6) is 0 Å². The van der Waals surface area contributed by atoms with E-state index >= 15 is 0 Å². The van der Waals surface area contributed by atoms with E-state index in [1.54, 1.807) is 6.07 Å². The van der Waals surface area contributed by atoms with Crippen LogP contribution in [0.4, 0.5) is 0 Å². The van der Waals surface area contributed by atoms with E-state index in [2.05, 4.69) is 0 Å². The third-order valence-electron chi connectivity index (χ3n) is 0.841. The van der Waals surface area contributed by atoms with E-state index < -0.39 is 0 Å². The van der Waals surface area contributed by atoms with Gasteiger partial charge in [-0.2, -0.15) is 6.42 Å². The first-order chi connectivity index (χ1) is 4.31. The molecule has 0 N–H and O–H groups in total. The van der Waals surface area contributed by atoms with Gasteiger partial charge in [-0.1, -0.05) is 19.4 Å². The molecule has 0 aromatic heterocycles. The second-order valence-corrected chi connectivity index (χ2v) is 1.67. The van der Waals surface area contributed by atoms with Gasteiger partial charge in [-0.15, -0.1) is 5.78 Å². The normalized spacial score (nSPS) is 6.80. The van der Waals surface area contributed by atoms with Crippen LogP contribution in [0.25, 0.3) is 0 Å². The number of nitriles is 1. The molecule has 0 fully saturated rings. The number of hydrogen-bond acceptors (Lipinski definition) is 2. The zero-order valence-electron chi connectivity index (χ0n) is 6.00. The molecule has 1 radical (unpaired) electrons. The number of rotatable bonds is 4. The van der Waals surface area contributed by atoms with Crippen molar-refractivity contribution in [3.8, 4) is 6.07 Å². The Bertz CT molecular complexity index is 128. The van der Waals surface area contributed by atoms with Crippen molar-refractivity contribution in [1.29, 1.82) is 5.26 Å². The number of unbranched alkanes of at least 4 members (excludes halogenated alkanes) is 1. The molecule has 3 heteroatoms. The molecule has 0 spiro atoms. The fourth-order valence-corrected chi connectivity index (χ4v) is 0.409. The van der Waals surface area contributed by atoms with Gasteiger partial charge in [0.15, 0.2) is 0 Å². The molecular formula is C7H9NOY-2. The Balaban J connectivity index is 0. The van der Waals surface area contributed by atoms with Crippen LogP contribution < -0.4 is 0 Å². The molecule has 0 amide bonds. The molecule has 0 aromatic rings. The van der Waals surface area contributed by atoms with Crippen molar-refractivity contribution in [1.82, 2.24) is 0 Å². The van der Waals surface area contributed by atoms with E-state index in [9.17, 15) is 4.79 Å². The molecule has 10 heavy (non-hydrogen) atoms. The third-order valence-corrected chi connectivity index (χ3v) is 0.841. The Kier molecular flexibility index (Phi) is 11.4. The molecule has 0 atom stereocenters. The summed E-state index contributed by atoms with van der Waals surface area (Å²) in [6.45, 7) is 1.98. The maximum absolute atomic E-state index is 10.5. The summed E-state index contributed by atoms with van der Waals surface area (Å²) < 4.78 is 0. The summed E-state index contributed by atoms with van der Waals surface area (Å²) >= 11 is 0. The summed E-state index contributed by atoms with van der Waals surface area (Å²) in [5, 5.41) is 7.99. The van der Waals surface area contributed by atoms with Crippen molar-refractivity contribution >= 4 is 5.78 Å². The van der Waals surface area contributed by atoms with Crippen LogP contribution in [-0.4, -0.2) is 5.78 Å². The van der Waals surface area contributed by atoms with Crippen LogP contribution in [0, 0.1) is 24.2 Å². The fourth-order valence-electron chi connectivity index (χ4n) is 0.409. The summed E-state index contributed by atoms with van der Waals surface area (Å²) in [7, 11) is 0. The van der Waals surface area contributed by atoms with Crippen molar-refractivity contribution in [2.45, 2.75) is 19.8 Å². The molecular weight excluding hydrogens is 203 g/mol. The first kappa shape index (κ1) is 12.7. The Hall–Kier alpha value is 0.00390. The van der Waals surface area contributed by atoms with Crippen molar-refractivity contribution in [2.24, 2.45) is 0 Å². The van der Waals surface area contributed by atoms with Crippen LogP contribution in [0.15, 0.2) is 0 Å². The van der Waals surface area contributed by atoms with Crippen molar-refractivity contribution < 1.29 is 37.5 Å². The average molecular weight is 212 g/mol. The zero-order chi connectivity index (χ0) is 7.11. The topological polar surface area (TPSA) is 40.9 Å². The summed E-state index contributed by atoms with van der Waals surface area (Å²) in [5.41, 5.74) is 0. The van der Waals surface area contributed by atoms with E-state index in [-0.39, 0.29) is 38.5 Å². The second kappa shape index (κ2) is 9.00. The second-order valence-electron chi connectivity index (χ2n) is 1.67. The van der Waals surface area contributed by atoms with Crippen LogP contribution in [0.1, 0.15) is 19.8 Å². The van der Waals surface area contributed by atoms with Crippen LogP contribution in [0.2, 0.25) is 0 Å². The van der Waals surface area contributed by atoms with Gasteiger partial charge >= 0.3 is 0 Å². The Morgan fingerprint density at radius 1 is 1.70 bits per heavy atom. The molecule has 0 bridgehead atoms. The maximum atomic E-state index is 10.5. The summed E-state index contributed by atoms with van der Waals surface area (Å²) in [4.78, 5) is 10.5. The smallest absolute Gasteiger partial charge is 0 e. The Morgan fingerprint density at radius 2 is 2.30 bits per heavy atom. The number of ketones is 1. The van der Waals surface area contributed by atoms with Crippen LogP contribution in [0.3, 0.4) is 0 Å². The van der Waals surface area contributed by atoms with Gasteiger partial charge in [0.1, 0.15) is 0 Å². The van der Waals surface area contributed by atoms with Gasteiger partial charge in [0.05, 0.1) is 0 Å². The molecule has 0 aliphatic carbocycles. The monoisotopic (exact) mass is 212 g/mol. The molecule has 2 nitrogen and oxygen atoms in total. The predicted octanol–water partition coefficient (Wildman–Crippen LogP) is 1.29. The number of carbonyl (C=O) groups excluding carboxylic acids is 1.